The molecule has 0 saturated heterocycles. The molecular formula is C17H14F3NO4. The monoisotopic (exact) mass is 353 g/mol. The maximum atomic E-state index is 12.7. The summed E-state index contributed by atoms with van der Waals surface area (Å²) in [7, 11) is 0. The molecule has 0 radical (unpaired) electrons. The van der Waals surface area contributed by atoms with Crippen LogP contribution in [0.3, 0.4) is 0 Å². The van der Waals surface area contributed by atoms with Crippen LogP contribution in [-0.2, 0) is 11.0 Å². The van der Waals surface area contributed by atoms with E-state index in [0.717, 1.165) is 23.8 Å². The van der Waals surface area contributed by atoms with E-state index < -0.39 is 30.2 Å². The molecule has 0 saturated carbocycles. The topological polar surface area (TPSA) is 75.6 Å². The van der Waals surface area contributed by atoms with Crippen molar-refractivity contribution in [3.8, 4) is 5.75 Å². The molecule has 132 valence electrons. The maximum absolute atomic E-state index is 12.7. The first kappa shape index (κ1) is 18.3. The third kappa shape index (κ3) is 4.97. The SMILES string of the molecule is Cc1ccc(OCC(=O)O)c(NC(=O)c2cccc(C(F)(F)F)c2)c1. The zero-order chi connectivity index (χ0) is 18.6. The zero-order valence-corrected chi connectivity index (χ0v) is 13.1. The van der Waals surface area contributed by atoms with E-state index in [-0.39, 0.29) is 17.0 Å². The molecule has 25 heavy (non-hydrogen) atoms. The van der Waals surface area contributed by atoms with Gasteiger partial charge in [0.05, 0.1) is 11.3 Å². The minimum absolute atomic E-state index is 0.105. The summed E-state index contributed by atoms with van der Waals surface area (Å²) in [6.07, 6.45) is -4.56. The summed E-state index contributed by atoms with van der Waals surface area (Å²) in [5.41, 5.74) is -0.196. The lowest BCUT2D eigenvalue weighted by atomic mass is 10.1. The average molecular weight is 353 g/mol. The first-order valence-corrected chi connectivity index (χ1v) is 7.10. The van der Waals surface area contributed by atoms with Crippen molar-refractivity contribution < 1.29 is 32.6 Å². The van der Waals surface area contributed by atoms with Gasteiger partial charge >= 0.3 is 12.1 Å². The van der Waals surface area contributed by atoms with E-state index >= 15 is 0 Å². The quantitative estimate of drug-likeness (QED) is 0.859. The molecule has 0 aliphatic carbocycles. The fourth-order valence-electron chi connectivity index (χ4n) is 2.04. The Hall–Kier alpha value is -3.03. The van der Waals surface area contributed by atoms with Crippen LogP contribution in [0.4, 0.5) is 18.9 Å². The number of hydrogen-bond donors (Lipinski definition) is 2. The molecule has 8 heteroatoms. The van der Waals surface area contributed by atoms with Gasteiger partial charge in [-0.05, 0) is 42.8 Å². The van der Waals surface area contributed by atoms with Crippen molar-refractivity contribution in [1.29, 1.82) is 0 Å². The summed E-state index contributed by atoms with van der Waals surface area (Å²) in [5.74, 6) is -1.86. The summed E-state index contributed by atoms with van der Waals surface area (Å²) in [5, 5.41) is 11.1. The lowest BCUT2D eigenvalue weighted by Gasteiger charge is -2.13. The fraction of sp³-hybridized carbons (Fsp3) is 0.176. The highest BCUT2D eigenvalue weighted by atomic mass is 19.4. The van der Waals surface area contributed by atoms with Gasteiger partial charge in [0.1, 0.15) is 5.75 Å². The second-order valence-corrected chi connectivity index (χ2v) is 5.21. The molecule has 1 amide bonds. The Bertz CT molecular complexity index is 803. The second-order valence-electron chi connectivity index (χ2n) is 5.21. The molecule has 2 aromatic rings. The summed E-state index contributed by atoms with van der Waals surface area (Å²) in [6.45, 7) is 1.12. The van der Waals surface area contributed by atoms with Crippen molar-refractivity contribution >= 4 is 17.6 Å². The largest absolute Gasteiger partial charge is 0.480 e. The molecule has 2 N–H and O–H groups in total. The van der Waals surface area contributed by atoms with E-state index in [1.807, 2.05) is 0 Å². The number of aryl methyl sites for hydroxylation is 1. The number of rotatable bonds is 5. The van der Waals surface area contributed by atoms with Crippen LogP contribution in [-0.4, -0.2) is 23.6 Å². The molecule has 0 unspecified atom stereocenters. The number of nitrogens with one attached hydrogen (secondary N) is 1. The van der Waals surface area contributed by atoms with Gasteiger partial charge in [-0.15, -0.1) is 0 Å². The van der Waals surface area contributed by atoms with Crippen molar-refractivity contribution in [2.24, 2.45) is 0 Å². The van der Waals surface area contributed by atoms with E-state index in [1.54, 1.807) is 13.0 Å². The molecule has 0 fully saturated rings. The minimum atomic E-state index is -4.56. The number of carboxylic acid groups (broad SMARTS) is 1. The van der Waals surface area contributed by atoms with E-state index in [1.165, 1.54) is 18.2 Å². The Balaban J connectivity index is 2.25. The van der Waals surface area contributed by atoms with Crippen molar-refractivity contribution in [1.82, 2.24) is 0 Å². The summed E-state index contributed by atoms with van der Waals surface area (Å²) in [6, 6.07) is 8.64. The number of carbonyl (C=O) groups is 2. The Kier molecular flexibility index (Phi) is 5.31. The molecule has 0 aliphatic rings. The van der Waals surface area contributed by atoms with Gasteiger partial charge in [0.25, 0.3) is 5.91 Å². The van der Waals surface area contributed by atoms with Gasteiger partial charge in [-0.2, -0.15) is 13.2 Å². The molecule has 0 heterocycles. The van der Waals surface area contributed by atoms with Gasteiger partial charge < -0.3 is 15.2 Å². The molecule has 2 rings (SSSR count). The van der Waals surface area contributed by atoms with Gasteiger partial charge in [-0.3, -0.25) is 4.79 Å². The normalized spacial score (nSPS) is 11.0. The van der Waals surface area contributed by atoms with Crippen LogP contribution in [0.1, 0.15) is 21.5 Å². The third-order valence-electron chi connectivity index (χ3n) is 3.19. The highest BCUT2D eigenvalue weighted by molar-refractivity contribution is 6.05. The number of halogens is 3. The Morgan fingerprint density at radius 3 is 2.52 bits per heavy atom. The van der Waals surface area contributed by atoms with Gasteiger partial charge in [-0.1, -0.05) is 12.1 Å². The van der Waals surface area contributed by atoms with E-state index in [0.29, 0.717) is 0 Å². The number of alkyl halides is 3. The number of carboxylic acids is 1. The number of ether oxygens (including phenoxy) is 1. The minimum Gasteiger partial charge on any atom is -0.480 e. The average Bonchev–Trinajstić information content (AvgIpc) is 2.53. The number of amides is 1. The predicted octanol–water partition coefficient (Wildman–Crippen LogP) is 3.73. The smallest absolute Gasteiger partial charge is 0.416 e. The van der Waals surface area contributed by atoms with E-state index in [4.69, 9.17) is 9.84 Å². The van der Waals surface area contributed by atoms with E-state index in [2.05, 4.69) is 5.32 Å². The van der Waals surface area contributed by atoms with Crippen molar-refractivity contribution in [2.75, 3.05) is 11.9 Å². The molecule has 0 atom stereocenters. The fourth-order valence-corrected chi connectivity index (χ4v) is 2.04. The Morgan fingerprint density at radius 1 is 1.16 bits per heavy atom. The number of carbonyl (C=O) groups excluding carboxylic acids is 1. The highest BCUT2D eigenvalue weighted by Crippen LogP contribution is 2.30. The predicted molar refractivity (Wildman–Crippen MR) is 83.7 cm³/mol. The van der Waals surface area contributed by atoms with Crippen LogP contribution in [0, 0.1) is 6.92 Å². The molecular weight excluding hydrogens is 339 g/mol. The lowest BCUT2D eigenvalue weighted by Crippen LogP contribution is -2.16. The van der Waals surface area contributed by atoms with Crippen molar-refractivity contribution in [2.45, 2.75) is 13.1 Å². The van der Waals surface area contributed by atoms with Crippen LogP contribution in [0.15, 0.2) is 42.5 Å². The Morgan fingerprint density at radius 2 is 1.88 bits per heavy atom. The van der Waals surface area contributed by atoms with Gasteiger partial charge in [0.15, 0.2) is 6.61 Å². The van der Waals surface area contributed by atoms with Crippen LogP contribution < -0.4 is 10.1 Å². The Labute approximate surface area is 141 Å². The zero-order valence-electron chi connectivity index (χ0n) is 13.1. The summed E-state index contributed by atoms with van der Waals surface area (Å²) < 4.78 is 43.3. The number of hydrogen-bond acceptors (Lipinski definition) is 3. The van der Waals surface area contributed by atoms with Gasteiger partial charge in [-0.25, -0.2) is 4.79 Å². The molecule has 0 aliphatic heterocycles. The van der Waals surface area contributed by atoms with Crippen LogP contribution in [0.5, 0.6) is 5.75 Å². The van der Waals surface area contributed by atoms with Crippen LogP contribution >= 0.6 is 0 Å². The molecule has 0 spiro atoms. The number of anilines is 1. The summed E-state index contributed by atoms with van der Waals surface area (Å²) >= 11 is 0. The molecule has 2 aromatic carbocycles. The second kappa shape index (κ2) is 7.25. The van der Waals surface area contributed by atoms with Crippen LogP contribution in [0.2, 0.25) is 0 Å². The number of aliphatic carboxylic acids is 1. The first-order chi connectivity index (χ1) is 11.7. The van der Waals surface area contributed by atoms with Crippen LogP contribution in [0.25, 0.3) is 0 Å². The highest BCUT2D eigenvalue weighted by Gasteiger charge is 2.30. The standard InChI is InChI=1S/C17H14F3NO4/c1-10-5-6-14(25-9-15(22)23)13(7-10)21-16(24)11-3-2-4-12(8-11)17(18,19)20/h2-8H,9H2,1H3,(H,21,24)(H,22,23). The maximum Gasteiger partial charge on any atom is 0.416 e. The third-order valence-corrected chi connectivity index (χ3v) is 3.19. The number of benzene rings is 2. The summed E-state index contributed by atoms with van der Waals surface area (Å²) in [4.78, 5) is 22.9. The molecule has 5 nitrogen and oxygen atoms in total. The first-order valence-electron chi connectivity index (χ1n) is 7.10. The van der Waals surface area contributed by atoms with Gasteiger partial charge in [0, 0.05) is 5.56 Å². The molecule has 0 bridgehead atoms. The van der Waals surface area contributed by atoms with E-state index in [9.17, 15) is 22.8 Å². The van der Waals surface area contributed by atoms with Gasteiger partial charge in [0.2, 0.25) is 0 Å². The lowest BCUT2D eigenvalue weighted by molar-refractivity contribution is -0.139. The van der Waals surface area contributed by atoms with Crippen molar-refractivity contribution in [3.05, 3.63) is 59.2 Å². The van der Waals surface area contributed by atoms with Crippen molar-refractivity contribution in [3.63, 3.8) is 0 Å². The molecule has 0 aromatic heterocycles.